The predicted molar refractivity (Wildman–Crippen MR) is 108 cm³/mol. The number of hydrogen-bond acceptors (Lipinski definition) is 6. The molecule has 0 spiro atoms. The first kappa shape index (κ1) is 20.1. The molecule has 0 saturated heterocycles. The van der Waals surface area contributed by atoms with Crippen LogP contribution in [0.5, 0.6) is 28.7 Å². The van der Waals surface area contributed by atoms with Gasteiger partial charge in [-0.2, -0.15) is 0 Å². The number of aromatic hydroxyl groups is 1. The van der Waals surface area contributed by atoms with Crippen molar-refractivity contribution in [1.82, 2.24) is 4.90 Å². The molecular weight excluding hydrogens is 358 g/mol. The molecule has 0 fully saturated rings. The van der Waals surface area contributed by atoms with Crippen LogP contribution < -0.4 is 18.9 Å². The van der Waals surface area contributed by atoms with E-state index in [1.54, 1.807) is 28.4 Å². The van der Waals surface area contributed by atoms with Gasteiger partial charge in [0.25, 0.3) is 0 Å². The minimum Gasteiger partial charge on any atom is -0.504 e. The van der Waals surface area contributed by atoms with Gasteiger partial charge in [0.2, 0.25) is 5.75 Å². The summed E-state index contributed by atoms with van der Waals surface area (Å²) in [4.78, 5) is 2.34. The monoisotopic (exact) mass is 387 g/mol. The van der Waals surface area contributed by atoms with Crippen molar-refractivity contribution < 1.29 is 24.1 Å². The SMILES string of the molecule is COc1cc2c(cc1O)C(CCc1cc(OC)c(OC)c(OC)c1)N(C)CC2. The molecule has 6 heteroatoms. The maximum Gasteiger partial charge on any atom is 0.203 e. The Morgan fingerprint density at radius 2 is 1.57 bits per heavy atom. The van der Waals surface area contributed by atoms with Gasteiger partial charge in [-0.25, -0.2) is 0 Å². The molecule has 0 aliphatic carbocycles. The van der Waals surface area contributed by atoms with E-state index >= 15 is 0 Å². The lowest BCUT2D eigenvalue weighted by molar-refractivity contribution is 0.218. The van der Waals surface area contributed by atoms with E-state index in [2.05, 4.69) is 11.9 Å². The summed E-state index contributed by atoms with van der Waals surface area (Å²) >= 11 is 0. The molecule has 28 heavy (non-hydrogen) atoms. The number of methoxy groups -OCH3 is 4. The first-order valence-electron chi connectivity index (χ1n) is 9.41. The molecule has 0 bridgehead atoms. The van der Waals surface area contributed by atoms with Crippen molar-refractivity contribution in [3.8, 4) is 28.7 Å². The molecular formula is C22H29NO5. The quantitative estimate of drug-likeness (QED) is 0.784. The van der Waals surface area contributed by atoms with Crippen LogP contribution >= 0.6 is 0 Å². The molecule has 1 N–H and O–H groups in total. The molecule has 6 nitrogen and oxygen atoms in total. The summed E-state index contributed by atoms with van der Waals surface area (Å²) in [5, 5.41) is 10.3. The fourth-order valence-corrected chi connectivity index (χ4v) is 3.97. The highest BCUT2D eigenvalue weighted by Crippen LogP contribution is 2.41. The Balaban J connectivity index is 1.86. The normalized spacial score (nSPS) is 16.4. The second-order valence-electron chi connectivity index (χ2n) is 7.04. The molecule has 0 aromatic heterocycles. The number of ether oxygens (including phenoxy) is 4. The number of fused-ring (bicyclic) bond motifs is 1. The van der Waals surface area contributed by atoms with Crippen molar-refractivity contribution in [1.29, 1.82) is 0 Å². The van der Waals surface area contributed by atoms with Crippen LogP contribution in [0.1, 0.15) is 29.2 Å². The Kier molecular flexibility index (Phi) is 6.19. The molecule has 1 atom stereocenters. The molecule has 152 valence electrons. The van der Waals surface area contributed by atoms with E-state index in [1.165, 1.54) is 11.1 Å². The van der Waals surface area contributed by atoms with Crippen LogP contribution in [-0.2, 0) is 12.8 Å². The molecule has 2 aromatic rings. The number of benzene rings is 2. The maximum absolute atomic E-state index is 10.3. The average molecular weight is 387 g/mol. The van der Waals surface area contributed by atoms with E-state index in [0.29, 0.717) is 23.0 Å². The molecule has 0 saturated carbocycles. The fraction of sp³-hybridized carbons (Fsp3) is 0.455. The van der Waals surface area contributed by atoms with Crippen molar-refractivity contribution >= 4 is 0 Å². The van der Waals surface area contributed by atoms with Crippen molar-refractivity contribution in [2.24, 2.45) is 0 Å². The molecule has 1 heterocycles. The van der Waals surface area contributed by atoms with Crippen molar-refractivity contribution in [3.63, 3.8) is 0 Å². The van der Waals surface area contributed by atoms with Crippen molar-refractivity contribution in [2.45, 2.75) is 25.3 Å². The van der Waals surface area contributed by atoms with Gasteiger partial charge < -0.3 is 24.1 Å². The lowest BCUT2D eigenvalue weighted by Crippen LogP contribution is -2.32. The smallest absolute Gasteiger partial charge is 0.203 e. The van der Waals surface area contributed by atoms with Crippen LogP contribution in [0.15, 0.2) is 24.3 Å². The summed E-state index contributed by atoms with van der Waals surface area (Å²) in [5.41, 5.74) is 3.52. The summed E-state index contributed by atoms with van der Waals surface area (Å²) in [6, 6.07) is 8.03. The fourth-order valence-electron chi connectivity index (χ4n) is 3.97. The molecule has 2 aromatic carbocycles. The molecule has 0 amide bonds. The van der Waals surface area contributed by atoms with Crippen LogP contribution in [0.4, 0.5) is 0 Å². The summed E-state index contributed by atoms with van der Waals surface area (Å²) in [5.74, 6) is 2.65. The van der Waals surface area contributed by atoms with Crippen molar-refractivity contribution in [2.75, 3.05) is 42.0 Å². The van der Waals surface area contributed by atoms with Crippen molar-refractivity contribution in [3.05, 3.63) is 41.0 Å². The third-order valence-corrected chi connectivity index (χ3v) is 5.50. The third kappa shape index (κ3) is 3.83. The Morgan fingerprint density at radius 3 is 2.14 bits per heavy atom. The highest BCUT2D eigenvalue weighted by molar-refractivity contribution is 5.54. The minimum atomic E-state index is 0.189. The zero-order chi connectivity index (χ0) is 20.3. The van der Waals surface area contributed by atoms with Crippen LogP contribution in [-0.4, -0.2) is 52.0 Å². The van der Waals surface area contributed by atoms with E-state index in [-0.39, 0.29) is 11.8 Å². The standard InChI is InChI=1S/C22H29NO5/c1-23-9-8-15-12-19(25-2)18(24)13-16(15)17(23)7-6-14-10-20(26-3)22(28-5)21(11-14)27-4/h10-13,17,24H,6-9H2,1-5H3. The van der Waals surface area contributed by atoms with Gasteiger partial charge in [0.05, 0.1) is 28.4 Å². The van der Waals surface area contributed by atoms with Crippen LogP contribution in [0, 0.1) is 0 Å². The predicted octanol–water partition coefficient (Wildman–Crippen LogP) is 3.59. The first-order valence-corrected chi connectivity index (χ1v) is 9.41. The lowest BCUT2D eigenvalue weighted by Gasteiger charge is -2.35. The second kappa shape index (κ2) is 8.61. The number of likely N-dealkylation sites (N-methyl/N-ethyl adjacent to an activating group) is 1. The van der Waals surface area contributed by atoms with Gasteiger partial charge in [-0.3, -0.25) is 4.90 Å². The molecule has 1 aliphatic heterocycles. The molecule has 1 unspecified atom stereocenters. The molecule has 3 rings (SSSR count). The Labute approximate surface area is 166 Å². The van der Waals surface area contributed by atoms with Gasteiger partial charge in [0.15, 0.2) is 23.0 Å². The summed E-state index contributed by atoms with van der Waals surface area (Å²) in [7, 11) is 8.57. The van der Waals surface area contributed by atoms with Gasteiger partial charge >= 0.3 is 0 Å². The number of nitrogens with zero attached hydrogens (tertiary/aromatic N) is 1. The van der Waals surface area contributed by atoms with Gasteiger partial charge in [-0.1, -0.05) is 0 Å². The highest BCUT2D eigenvalue weighted by atomic mass is 16.5. The van der Waals surface area contributed by atoms with Gasteiger partial charge in [0, 0.05) is 12.6 Å². The largest absolute Gasteiger partial charge is 0.504 e. The van der Waals surface area contributed by atoms with Gasteiger partial charge in [-0.15, -0.1) is 0 Å². The summed E-state index contributed by atoms with van der Waals surface area (Å²) < 4.78 is 21.6. The topological polar surface area (TPSA) is 60.4 Å². The number of aryl methyl sites for hydroxylation is 1. The van der Waals surface area contributed by atoms with Crippen LogP contribution in [0.2, 0.25) is 0 Å². The second-order valence-corrected chi connectivity index (χ2v) is 7.04. The summed E-state index contributed by atoms with van der Waals surface area (Å²) in [6.07, 6.45) is 2.70. The number of rotatable bonds is 7. The maximum atomic E-state index is 10.3. The number of phenols is 1. The Hall–Kier alpha value is -2.60. The van der Waals surface area contributed by atoms with Crippen LogP contribution in [0.25, 0.3) is 0 Å². The van der Waals surface area contributed by atoms with E-state index < -0.39 is 0 Å². The Morgan fingerprint density at radius 1 is 0.929 bits per heavy atom. The zero-order valence-electron chi connectivity index (χ0n) is 17.2. The van der Waals surface area contributed by atoms with Gasteiger partial charge in [-0.05, 0) is 67.3 Å². The van der Waals surface area contributed by atoms with E-state index in [4.69, 9.17) is 18.9 Å². The van der Waals surface area contributed by atoms with Gasteiger partial charge in [0.1, 0.15) is 0 Å². The molecule has 1 aliphatic rings. The first-order chi connectivity index (χ1) is 13.5. The lowest BCUT2D eigenvalue weighted by atomic mass is 9.88. The molecule has 0 radical (unpaired) electrons. The average Bonchev–Trinajstić information content (AvgIpc) is 2.71. The highest BCUT2D eigenvalue weighted by Gasteiger charge is 2.26. The number of phenolic OH excluding ortho intramolecular Hbond substituents is 1. The summed E-state index contributed by atoms with van der Waals surface area (Å²) in [6.45, 7) is 0.973. The number of hydrogen-bond donors (Lipinski definition) is 1. The Bertz CT molecular complexity index is 811. The zero-order valence-corrected chi connectivity index (χ0v) is 17.2. The van der Waals surface area contributed by atoms with Crippen LogP contribution in [0.3, 0.4) is 0 Å². The van der Waals surface area contributed by atoms with E-state index in [0.717, 1.165) is 31.4 Å². The minimum absolute atomic E-state index is 0.189. The third-order valence-electron chi connectivity index (χ3n) is 5.50. The van der Waals surface area contributed by atoms with E-state index in [9.17, 15) is 5.11 Å². The van der Waals surface area contributed by atoms with E-state index in [1.807, 2.05) is 24.3 Å².